The van der Waals surface area contributed by atoms with Gasteiger partial charge in [-0.15, -0.1) is 10.2 Å². The lowest BCUT2D eigenvalue weighted by Crippen LogP contribution is -2.44. The van der Waals surface area contributed by atoms with Crippen LogP contribution in [0.3, 0.4) is 0 Å². The maximum absolute atomic E-state index is 10.5. The first-order chi connectivity index (χ1) is 16.5. The van der Waals surface area contributed by atoms with Gasteiger partial charge in [-0.2, -0.15) is 0 Å². The zero-order chi connectivity index (χ0) is 23.2. The van der Waals surface area contributed by atoms with Crippen LogP contribution in [0.1, 0.15) is 16.7 Å². The second-order valence-corrected chi connectivity index (χ2v) is 9.10. The predicted molar refractivity (Wildman–Crippen MR) is 135 cm³/mol. The van der Waals surface area contributed by atoms with Crippen LogP contribution in [-0.4, -0.2) is 53.2 Å². The molecule has 0 atom stereocenters. The molecule has 7 nitrogen and oxygen atoms in total. The van der Waals surface area contributed by atoms with E-state index in [2.05, 4.69) is 50.3 Å². The third kappa shape index (κ3) is 3.64. The summed E-state index contributed by atoms with van der Waals surface area (Å²) in [6.45, 7) is 6.14. The number of aromatic amines is 1. The number of piperazine rings is 1. The number of azo groups is 1. The van der Waals surface area contributed by atoms with Gasteiger partial charge in [-0.25, -0.2) is 4.98 Å². The number of aromatic nitrogens is 2. The van der Waals surface area contributed by atoms with Gasteiger partial charge in [0.25, 0.3) is 0 Å². The van der Waals surface area contributed by atoms with Crippen LogP contribution in [0.4, 0.5) is 11.5 Å². The summed E-state index contributed by atoms with van der Waals surface area (Å²) in [5.41, 5.74) is 5.46. The lowest BCUT2D eigenvalue weighted by atomic mass is 10.1. The molecule has 2 N–H and O–H groups in total. The van der Waals surface area contributed by atoms with E-state index in [0.717, 1.165) is 81.4 Å². The summed E-state index contributed by atoms with van der Waals surface area (Å²) in [5, 5.41) is 22.3. The summed E-state index contributed by atoms with van der Waals surface area (Å²) in [4.78, 5) is 12.4. The molecule has 0 unspecified atom stereocenters. The Kier molecular flexibility index (Phi) is 4.92. The molecule has 0 radical (unpaired) electrons. The zero-order valence-corrected chi connectivity index (χ0v) is 19.3. The lowest BCUT2D eigenvalue weighted by molar-refractivity contribution is 0.312. The Morgan fingerprint density at radius 3 is 2.62 bits per heavy atom. The minimum atomic E-state index is 0.168. The van der Waals surface area contributed by atoms with Crippen molar-refractivity contribution in [3.8, 4) is 5.88 Å². The number of nitrogens with zero attached hydrogens (tertiary/aromatic N) is 5. The van der Waals surface area contributed by atoms with Crippen LogP contribution < -0.4 is 15.3 Å². The molecule has 2 aromatic heterocycles. The number of pyridine rings is 1. The summed E-state index contributed by atoms with van der Waals surface area (Å²) < 4.78 is 0. The van der Waals surface area contributed by atoms with Crippen molar-refractivity contribution in [2.45, 2.75) is 6.92 Å². The van der Waals surface area contributed by atoms with E-state index in [-0.39, 0.29) is 5.88 Å². The van der Waals surface area contributed by atoms with Gasteiger partial charge in [-0.3, -0.25) is 0 Å². The summed E-state index contributed by atoms with van der Waals surface area (Å²) in [6, 6.07) is 16.3. The molecule has 34 heavy (non-hydrogen) atoms. The molecule has 4 aromatic rings. The monoisotopic (exact) mass is 450 g/mol. The minimum absolute atomic E-state index is 0.168. The molecule has 2 aliphatic rings. The molecular weight excluding hydrogens is 424 g/mol. The third-order valence-corrected chi connectivity index (χ3v) is 6.67. The van der Waals surface area contributed by atoms with E-state index in [1.807, 2.05) is 49.5 Å². The average Bonchev–Trinajstić information content (AvgIpc) is 3.40. The van der Waals surface area contributed by atoms with Crippen molar-refractivity contribution < 1.29 is 5.11 Å². The van der Waals surface area contributed by atoms with Gasteiger partial charge < -0.3 is 19.9 Å². The number of H-pyrrole nitrogens is 1. The summed E-state index contributed by atoms with van der Waals surface area (Å²) >= 11 is 0. The maximum Gasteiger partial charge on any atom is 0.196 e. The number of hydrogen-bond acceptors (Lipinski definition) is 6. The molecule has 0 spiro atoms. The second kappa shape index (κ2) is 8.11. The quantitative estimate of drug-likeness (QED) is 0.501. The normalized spacial score (nSPS) is 16.6. The van der Waals surface area contributed by atoms with Gasteiger partial charge in [0.2, 0.25) is 0 Å². The molecular formula is C27H26N6O. The first kappa shape index (κ1) is 20.6. The topological polar surface area (TPSA) is 80.1 Å². The second-order valence-electron chi connectivity index (χ2n) is 9.10. The van der Waals surface area contributed by atoms with Crippen LogP contribution in [-0.2, 0) is 0 Å². The van der Waals surface area contributed by atoms with Crippen LogP contribution >= 0.6 is 0 Å². The highest BCUT2D eigenvalue weighted by Crippen LogP contribution is 2.29. The van der Waals surface area contributed by atoms with Crippen LogP contribution in [0, 0.1) is 6.92 Å². The number of likely N-dealkylation sites (N-methyl/N-ethyl adjacent to an activating group) is 1. The van der Waals surface area contributed by atoms with Crippen LogP contribution in [0.25, 0.3) is 22.7 Å². The molecule has 0 amide bonds. The van der Waals surface area contributed by atoms with Gasteiger partial charge in [-0.1, -0.05) is 17.7 Å². The Balaban J connectivity index is 1.34. The maximum atomic E-state index is 10.5. The molecule has 2 aromatic carbocycles. The largest absolute Gasteiger partial charge is 0.494 e. The highest BCUT2D eigenvalue weighted by Gasteiger charge is 2.17. The molecule has 0 saturated carbocycles. The molecule has 7 heteroatoms. The fourth-order valence-corrected chi connectivity index (χ4v) is 4.67. The van der Waals surface area contributed by atoms with Crippen molar-refractivity contribution in [3.05, 3.63) is 81.9 Å². The van der Waals surface area contributed by atoms with Gasteiger partial charge in [-0.05, 0) is 61.7 Å². The Labute approximate surface area is 197 Å². The van der Waals surface area contributed by atoms with E-state index in [9.17, 15) is 5.11 Å². The Bertz CT molecular complexity index is 1540. The van der Waals surface area contributed by atoms with E-state index in [4.69, 9.17) is 4.98 Å². The van der Waals surface area contributed by atoms with E-state index in [0.29, 0.717) is 0 Å². The average molecular weight is 451 g/mol. The predicted octanol–water partition coefficient (Wildman–Crippen LogP) is 3.41. The minimum Gasteiger partial charge on any atom is -0.494 e. The Morgan fingerprint density at radius 2 is 1.82 bits per heavy atom. The molecule has 2 aliphatic heterocycles. The molecule has 0 bridgehead atoms. The van der Waals surface area contributed by atoms with E-state index in [1.165, 1.54) is 0 Å². The van der Waals surface area contributed by atoms with Gasteiger partial charge in [0.05, 0.1) is 5.69 Å². The van der Waals surface area contributed by atoms with Gasteiger partial charge >= 0.3 is 0 Å². The molecule has 1 saturated heterocycles. The van der Waals surface area contributed by atoms with E-state index in [1.54, 1.807) is 0 Å². The van der Waals surface area contributed by atoms with Crippen molar-refractivity contribution in [2.75, 3.05) is 38.1 Å². The number of anilines is 1. The number of aryl methyl sites for hydroxylation is 1. The molecule has 170 valence electrons. The summed E-state index contributed by atoms with van der Waals surface area (Å²) in [5.74, 6) is 1.17. The van der Waals surface area contributed by atoms with Gasteiger partial charge in [0.15, 0.2) is 5.88 Å². The van der Waals surface area contributed by atoms with Crippen molar-refractivity contribution in [2.24, 2.45) is 10.2 Å². The SMILES string of the molecule is Cc1ccc2[nH]c(O)c(/C=c3\ccc4c(c3)N=NC=4c3ccc(N4CCN(C)CC4)nc3)c2c1. The molecule has 4 heterocycles. The highest BCUT2D eigenvalue weighted by molar-refractivity contribution is 5.92. The molecule has 6 rings (SSSR count). The smallest absolute Gasteiger partial charge is 0.196 e. The zero-order valence-electron chi connectivity index (χ0n) is 19.3. The first-order valence-corrected chi connectivity index (χ1v) is 11.5. The molecule has 0 aliphatic carbocycles. The van der Waals surface area contributed by atoms with Crippen molar-refractivity contribution in [1.29, 1.82) is 0 Å². The number of nitrogens with one attached hydrogen (secondary N) is 1. The van der Waals surface area contributed by atoms with E-state index >= 15 is 0 Å². The van der Waals surface area contributed by atoms with E-state index < -0.39 is 0 Å². The number of fused-ring (bicyclic) bond motifs is 2. The number of benzene rings is 2. The third-order valence-electron chi connectivity index (χ3n) is 6.67. The van der Waals surface area contributed by atoms with Crippen LogP contribution in [0.15, 0.2) is 65.0 Å². The van der Waals surface area contributed by atoms with Crippen molar-refractivity contribution in [3.63, 3.8) is 0 Å². The number of hydrogen-bond donors (Lipinski definition) is 2. The summed E-state index contributed by atoms with van der Waals surface area (Å²) in [6.07, 6.45) is 3.87. The Hall–Kier alpha value is -3.97. The summed E-state index contributed by atoms with van der Waals surface area (Å²) in [7, 11) is 2.15. The fourth-order valence-electron chi connectivity index (χ4n) is 4.67. The van der Waals surface area contributed by atoms with Crippen molar-refractivity contribution >= 4 is 34.2 Å². The first-order valence-electron chi connectivity index (χ1n) is 11.5. The fraction of sp³-hybridized carbons (Fsp3) is 0.222. The van der Waals surface area contributed by atoms with Crippen LogP contribution in [0.5, 0.6) is 5.88 Å². The van der Waals surface area contributed by atoms with Crippen LogP contribution in [0.2, 0.25) is 0 Å². The number of aromatic hydroxyl groups is 1. The van der Waals surface area contributed by atoms with Gasteiger partial charge in [0, 0.05) is 59.6 Å². The van der Waals surface area contributed by atoms with Crippen molar-refractivity contribution in [1.82, 2.24) is 14.9 Å². The molecule has 1 fully saturated rings. The lowest BCUT2D eigenvalue weighted by Gasteiger charge is -2.33. The number of rotatable bonds is 3. The standard InChI is InChI=1S/C27H26N6O/c1-17-3-7-23-21(13-17)22(27(34)29-23)14-18-4-6-20-24(15-18)30-31-26(20)19-5-8-25(28-16-19)33-11-9-32(2)10-12-33/h3-8,13-16,29,34H,9-12H2,1-2H3/b18-14+. The highest BCUT2D eigenvalue weighted by atomic mass is 16.3. The Morgan fingerprint density at radius 1 is 0.971 bits per heavy atom. The van der Waals surface area contributed by atoms with Gasteiger partial charge in [0.1, 0.15) is 11.5 Å².